The van der Waals surface area contributed by atoms with E-state index < -0.39 is 24.4 Å². The quantitative estimate of drug-likeness (QED) is 0.565. The second-order valence-electron chi connectivity index (χ2n) is 3.59. The summed E-state index contributed by atoms with van der Waals surface area (Å²) < 4.78 is 72.6. The Morgan fingerprint density at radius 2 is 1.44 bits per heavy atom. The van der Waals surface area contributed by atoms with Gasteiger partial charge >= 0.3 is 12.4 Å². The molecule has 8 heteroatoms. The number of hydrogen-bond acceptors (Lipinski definition) is 1. The third-order valence-corrected chi connectivity index (χ3v) is 1.79. The molecular formula is C8H12F6NO+. The third-order valence-electron chi connectivity index (χ3n) is 1.79. The van der Waals surface area contributed by atoms with Crippen molar-refractivity contribution in [1.29, 1.82) is 0 Å². The highest BCUT2D eigenvalue weighted by atomic mass is 19.4. The van der Waals surface area contributed by atoms with Crippen LogP contribution in [0.25, 0.3) is 0 Å². The molecule has 16 heavy (non-hydrogen) atoms. The first-order valence-electron chi connectivity index (χ1n) is 4.35. The molecule has 0 aliphatic heterocycles. The van der Waals surface area contributed by atoms with Crippen molar-refractivity contribution in [2.24, 2.45) is 0 Å². The summed E-state index contributed by atoms with van der Waals surface area (Å²) in [5.74, 6) is 0. The summed E-state index contributed by atoms with van der Waals surface area (Å²) in [5, 5.41) is 8.68. The van der Waals surface area contributed by atoms with E-state index in [-0.39, 0.29) is 6.04 Å². The molecule has 0 saturated carbocycles. The largest absolute Gasteiger partial charge is 0.426 e. The SMILES string of the molecule is CC(C)[NH+]=CCC(O)(C(F)(F)F)C(F)(F)F. The molecule has 0 bridgehead atoms. The minimum atomic E-state index is -5.76. The number of rotatable bonds is 3. The van der Waals surface area contributed by atoms with Gasteiger partial charge < -0.3 is 5.11 Å². The van der Waals surface area contributed by atoms with Gasteiger partial charge in [-0.25, -0.2) is 4.99 Å². The molecule has 0 spiro atoms. The summed E-state index contributed by atoms with van der Waals surface area (Å²) in [5.41, 5.74) is -4.71. The zero-order chi connectivity index (χ0) is 13.2. The topological polar surface area (TPSA) is 34.2 Å². The molecule has 0 fully saturated rings. The molecule has 96 valence electrons. The second-order valence-corrected chi connectivity index (χ2v) is 3.59. The highest BCUT2D eigenvalue weighted by Crippen LogP contribution is 2.44. The average molecular weight is 252 g/mol. The van der Waals surface area contributed by atoms with E-state index in [9.17, 15) is 26.3 Å². The van der Waals surface area contributed by atoms with Gasteiger partial charge in [0.2, 0.25) is 0 Å². The molecule has 0 atom stereocenters. The van der Waals surface area contributed by atoms with Crippen molar-refractivity contribution in [3.05, 3.63) is 0 Å². The maximum absolute atomic E-state index is 12.1. The summed E-state index contributed by atoms with van der Waals surface area (Å²) in [6.45, 7) is 3.08. The lowest BCUT2D eigenvalue weighted by Gasteiger charge is -2.30. The van der Waals surface area contributed by atoms with Gasteiger partial charge in [-0.1, -0.05) is 0 Å². The Hall–Kier alpha value is -0.790. The van der Waals surface area contributed by atoms with Crippen LogP contribution in [0.1, 0.15) is 20.3 Å². The molecule has 0 aromatic rings. The van der Waals surface area contributed by atoms with Crippen LogP contribution in [0.3, 0.4) is 0 Å². The van der Waals surface area contributed by atoms with Crippen LogP contribution >= 0.6 is 0 Å². The second kappa shape index (κ2) is 4.60. The Morgan fingerprint density at radius 3 is 1.69 bits per heavy atom. The molecule has 2 N–H and O–H groups in total. The minimum Gasteiger partial charge on any atom is -0.373 e. The van der Waals surface area contributed by atoms with Gasteiger partial charge in [0.1, 0.15) is 12.3 Å². The molecule has 0 radical (unpaired) electrons. The summed E-state index contributed by atoms with van der Waals surface area (Å²) in [6.07, 6.45) is -12.6. The van der Waals surface area contributed by atoms with Crippen molar-refractivity contribution >= 4 is 6.21 Å². The fraction of sp³-hybridized carbons (Fsp3) is 0.875. The maximum Gasteiger partial charge on any atom is 0.426 e. The van der Waals surface area contributed by atoms with Crippen molar-refractivity contribution in [3.63, 3.8) is 0 Å². The monoisotopic (exact) mass is 252 g/mol. The van der Waals surface area contributed by atoms with Crippen molar-refractivity contribution in [3.8, 4) is 0 Å². The molecular weight excluding hydrogens is 240 g/mol. The van der Waals surface area contributed by atoms with Crippen molar-refractivity contribution < 1.29 is 36.4 Å². The van der Waals surface area contributed by atoms with Gasteiger partial charge in [0, 0.05) is 0 Å². The van der Waals surface area contributed by atoms with Crippen LogP contribution in [0.15, 0.2) is 0 Å². The van der Waals surface area contributed by atoms with Crippen molar-refractivity contribution in [2.75, 3.05) is 0 Å². The zero-order valence-electron chi connectivity index (χ0n) is 8.58. The van der Waals surface area contributed by atoms with Crippen LogP contribution in [-0.2, 0) is 0 Å². The van der Waals surface area contributed by atoms with E-state index in [4.69, 9.17) is 5.11 Å². The third kappa shape index (κ3) is 3.36. The van der Waals surface area contributed by atoms with Crippen LogP contribution in [0.2, 0.25) is 0 Å². The van der Waals surface area contributed by atoms with Crippen LogP contribution in [-0.4, -0.2) is 35.3 Å². The number of alkyl halides is 6. The van der Waals surface area contributed by atoms with Gasteiger partial charge in [0.25, 0.3) is 5.60 Å². The van der Waals surface area contributed by atoms with E-state index in [2.05, 4.69) is 4.99 Å². The predicted octanol–water partition coefficient (Wildman–Crippen LogP) is 0.792. The Kier molecular flexibility index (Phi) is 4.38. The summed E-state index contributed by atoms with van der Waals surface area (Å²) in [6, 6.07) is -0.314. The van der Waals surface area contributed by atoms with Crippen LogP contribution < -0.4 is 4.99 Å². The average Bonchev–Trinajstić information content (AvgIpc) is 1.98. The van der Waals surface area contributed by atoms with E-state index in [0.717, 1.165) is 0 Å². The highest BCUT2D eigenvalue weighted by molar-refractivity contribution is 5.52. The first kappa shape index (κ1) is 15.2. The van der Waals surface area contributed by atoms with Crippen LogP contribution in [0.5, 0.6) is 0 Å². The number of hydrogen-bond donors (Lipinski definition) is 2. The van der Waals surface area contributed by atoms with E-state index in [1.54, 1.807) is 0 Å². The molecule has 0 unspecified atom stereocenters. The van der Waals surface area contributed by atoms with E-state index in [1.807, 2.05) is 0 Å². The van der Waals surface area contributed by atoms with E-state index >= 15 is 0 Å². The van der Waals surface area contributed by atoms with Gasteiger partial charge in [-0.3, -0.25) is 0 Å². The van der Waals surface area contributed by atoms with Crippen molar-refractivity contribution in [1.82, 2.24) is 0 Å². The molecule has 0 aromatic heterocycles. The molecule has 0 saturated heterocycles. The lowest BCUT2D eigenvalue weighted by molar-refractivity contribution is -0.491. The van der Waals surface area contributed by atoms with E-state index in [1.165, 1.54) is 13.8 Å². The number of halogens is 6. The van der Waals surface area contributed by atoms with Gasteiger partial charge in [0.05, 0.1) is 6.42 Å². The maximum atomic E-state index is 12.1. The van der Waals surface area contributed by atoms with Gasteiger partial charge in [-0.2, -0.15) is 26.3 Å². The fourth-order valence-electron chi connectivity index (χ4n) is 0.835. The minimum absolute atomic E-state index is 0.314. The Labute approximate surface area is 88.0 Å². The Bertz CT molecular complexity index is 240. The van der Waals surface area contributed by atoms with Gasteiger partial charge in [-0.15, -0.1) is 0 Å². The van der Waals surface area contributed by atoms with Crippen LogP contribution in [0.4, 0.5) is 26.3 Å². The number of nitrogens with one attached hydrogen (secondary N) is 1. The van der Waals surface area contributed by atoms with Gasteiger partial charge in [-0.05, 0) is 13.8 Å². The summed E-state index contributed by atoms with van der Waals surface area (Å²) in [7, 11) is 0. The zero-order valence-corrected chi connectivity index (χ0v) is 8.58. The molecule has 2 nitrogen and oxygen atoms in total. The highest BCUT2D eigenvalue weighted by Gasteiger charge is 2.70. The molecule has 0 aliphatic carbocycles. The van der Waals surface area contributed by atoms with Gasteiger partial charge in [0.15, 0.2) is 0 Å². The Morgan fingerprint density at radius 1 is 1.06 bits per heavy atom. The smallest absolute Gasteiger partial charge is 0.373 e. The lowest BCUT2D eigenvalue weighted by Crippen LogP contribution is -2.75. The number of aliphatic hydroxyl groups is 1. The normalized spacial score (nSPS) is 15.1. The molecule has 0 aliphatic rings. The fourth-order valence-corrected chi connectivity index (χ4v) is 0.835. The van der Waals surface area contributed by atoms with Crippen molar-refractivity contribution in [2.45, 2.75) is 44.3 Å². The predicted molar refractivity (Wildman–Crippen MR) is 43.8 cm³/mol. The molecule has 0 heterocycles. The first-order chi connectivity index (χ1) is 6.92. The molecule has 0 aromatic carbocycles. The van der Waals surface area contributed by atoms with E-state index in [0.29, 0.717) is 6.21 Å². The van der Waals surface area contributed by atoms with Crippen LogP contribution in [0, 0.1) is 0 Å². The Balaban J connectivity index is 4.99. The summed E-state index contributed by atoms with van der Waals surface area (Å²) >= 11 is 0. The summed E-state index contributed by atoms with van der Waals surface area (Å²) in [4.78, 5) is 2.26. The standard InChI is InChI=1S/C8H11F6NO/c1-5(2)15-4-3-6(16,7(9,10)11)8(12,13)14/h4-5,16H,3H2,1-2H3/p+1. The molecule has 0 amide bonds. The lowest BCUT2D eigenvalue weighted by atomic mass is 9.99. The first-order valence-corrected chi connectivity index (χ1v) is 4.35. The molecule has 0 rings (SSSR count).